The molecule has 1 aromatic heterocycles. The second-order valence-corrected chi connectivity index (χ2v) is 4.78. The zero-order valence-electron chi connectivity index (χ0n) is 8.99. The van der Waals surface area contributed by atoms with Gasteiger partial charge in [-0.3, -0.25) is 9.69 Å². The largest absolute Gasteiger partial charge is 0.300 e. The lowest BCUT2D eigenvalue weighted by Crippen LogP contribution is -2.29. The summed E-state index contributed by atoms with van der Waals surface area (Å²) >= 11 is 1.76. The zero-order valence-corrected chi connectivity index (χ0v) is 9.80. The van der Waals surface area contributed by atoms with Crippen LogP contribution in [0, 0.1) is 0 Å². The van der Waals surface area contributed by atoms with E-state index in [-0.39, 0.29) is 5.78 Å². The fourth-order valence-corrected chi connectivity index (χ4v) is 2.14. The molecular weight excluding hydrogens is 194 g/mol. The Balaban J connectivity index is 2.41. The Morgan fingerprint density at radius 3 is 2.86 bits per heavy atom. The third-order valence-corrected chi connectivity index (χ3v) is 3.18. The van der Waals surface area contributed by atoms with Gasteiger partial charge in [-0.25, -0.2) is 0 Å². The third-order valence-electron chi connectivity index (χ3n) is 2.32. The number of Topliss-reactive ketones (excluding diaryl/α,β-unsaturated/α-hetero) is 1. The van der Waals surface area contributed by atoms with Crippen molar-refractivity contribution in [2.75, 3.05) is 7.05 Å². The van der Waals surface area contributed by atoms with E-state index in [9.17, 15) is 4.79 Å². The first kappa shape index (κ1) is 11.4. The maximum absolute atomic E-state index is 10.9. The van der Waals surface area contributed by atoms with Crippen LogP contribution in [0.4, 0.5) is 0 Å². The second kappa shape index (κ2) is 5.27. The Morgan fingerprint density at radius 2 is 2.36 bits per heavy atom. The Hall–Kier alpha value is -0.670. The molecule has 0 fully saturated rings. The lowest BCUT2D eigenvalue weighted by molar-refractivity contribution is -0.118. The van der Waals surface area contributed by atoms with Crippen LogP contribution in [0.3, 0.4) is 0 Å². The number of ketones is 1. The van der Waals surface area contributed by atoms with Crippen LogP contribution in [0.5, 0.6) is 0 Å². The summed E-state index contributed by atoms with van der Waals surface area (Å²) in [5, 5.41) is 2.08. The quantitative estimate of drug-likeness (QED) is 0.746. The van der Waals surface area contributed by atoms with E-state index >= 15 is 0 Å². The van der Waals surface area contributed by atoms with E-state index in [4.69, 9.17) is 0 Å². The molecule has 1 heterocycles. The first-order valence-electron chi connectivity index (χ1n) is 4.81. The van der Waals surface area contributed by atoms with Crippen LogP contribution in [0.15, 0.2) is 17.5 Å². The Kier molecular flexibility index (Phi) is 4.29. The van der Waals surface area contributed by atoms with Crippen LogP contribution in [0.2, 0.25) is 0 Å². The molecule has 78 valence electrons. The second-order valence-electron chi connectivity index (χ2n) is 3.75. The molecule has 0 N–H and O–H groups in total. The first-order chi connectivity index (χ1) is 6.59. The molecule has 0 radical (unpaired) electrons. The molecule has 0 aliphatic carbocycles. The van der Waals surface area contributed by atoms with E-state index in [1.807, 2.05) is 0 Å². The number of nitrogens with zero attached hydrogens (tertiary/aromatic N) is 1. The fourth-order valence-electron chi connectivity index (χ4n) is 1.38. The molecule has 0 aromatic carbocycles. The molecule has 0 saturated heterocycles. The molecule has 0 aliphatic heterocycles. The number of carbonyl (C=O) groups excluding carboxylic acids is 1. The standard InChI is InChI=1S/C11H17NOS/c1-9(7-10(2)13)12(3)8-11-5-4-6-14-11/h4-6,9H,7-8H2,1-3H3. The summed E-state index contributed by atoms with van der Waals surface area (Å²) in [6.07, 6.45) is 0.641. The molecule has 3 heteroatoms. The highest BCUT2D eigenvalue weighted by molar-refractivity contribution is 7.09. The highest BCUT2D eigenvalue weighted by Crippen LogP contribution is 2.13. The molecule has 0 amide bonds. The number of hydrogen-bond acceptors (Lipinski definition) is 3. The summed E-state index contributed by atoms with van der Waals surface area (Å²) < 4.78 is 0. The summed E-state index contributed by atoms with van der Waals surface area (Å²) in [7, 11) is 2.06. The normalized spacial score (nSPS) is 13.1. The van der Waals surface area contributed by atoms with Gasteiger partial charge in [0.05, 0.1) is 0 Å². The van der Waals surface area contributed by atoms with Crippen molar-refractivity contribution >= 4 is 17.1 Å². The van der Waals surface area contributed by atoms with Gasteiger partial charge in [0.1, 0.15) is 5.78 Å². The monoisotopic (exact) mass is 211 g/mol. The van der Waals surface area contributed by atoms with E-state index in [0.29, 0.717) is 12.5 Å². The van der Waals surface area contributed by atoms with Crippen molar-refractivity contribution in [3.63, 3.8) is 0 Å². The Bertz CT molecular complexity index is 281. The third kappa shape index (κ3) is 3.60. The minimum absolute atomic E-state index is 0.260. The number of hydrogen-bond donors (Lipinski definition) is 0. The van der Waals surface area contributed by atoms with E-state index < -0.39 is 0 Å². The summed E-state index contributed by atoms with van der Waals surface area (Å²) in [4.78, 5) is 14.5. The molecule has 2 nitrogen and oxygen atoms in total. The van der Waals surface area contributed by atoms with Crippen molar-refractivity contribution in [3.8, 4) is 0 Å². The lowest BCUT2D eigenvalue weighted by atomic mass is 10.1. The highest BCUT2D eigenvalue weighted by Gasteiger charge is 2.11. The molecule has 1 atom stereocenters. The molecule has 0 bridgehead atoms. The molecule has 0 spiro atoms. The lowest BCUT2D eigenvalue weighted by Gasteiger charge is -2.22. The number of thiophene rings is 1. The van der Waals surface area contributed by atoms with Crippen LogP contribution in [0.25, 0.3) is 0 Å². The van der Waals surface area contributed by atoms with Crippen molar-refractivity contribution in [1.82, 2.24) is 4.90 Å². The van der Waals surface area contributed by atoms with Crippen molar-refractivity contribution in [2.24, 2.45) is 0 Å². The van der Waals surface area contributed by atoms with Crippen LogP contribution >= 0.6 is 11.3 Å². The van der Waals surface area contributed by atoms with Gasteiger partial charge >= 0.3 is 0 Å². The summed E-state index contributed by atoms with van der Waals surface area (Å²) in [5.41, 5.74) is 0. The van der Waals surface area contributed by atoms with Crippen LogP contribution in [0.1, 0.15) is 25.1 Å². The Labute approximate surface area is 89.5 Å². The van der Waals surface area contributed by atoms with Gasteiger partial charge in [-0.05, 0) is 32.3 Å². The minimum Gasteiger partial charge on any atom is -0.300 e. The van der Waals surface area contributed by atoms with Crippen LogP contribution in [-0.2, 0) is 11.3 Å². The van der Waals surface area contributed by atoms with Gasteiger partial charge in [0.25, 0.3) is 0 Å². The van der Waals surface area contributed by atoms with Gasteiger partial charge in [0, 0.05) is 23.9 Å². The van der Waals surface area contributed by atoms with Gasteiger partial charge in [-0.1, -0.05) is 6.07 Å². The first-order valence-corrected chi connectivity index (χ1v) is 5.69. The van der Waals surface area contributed by atoms with Crippen molar-refractivity contribution in [1.29, 1.82) is 0 Å². The van der Waals surface area contributed by atoms with Crippen LogP contribution in [-0.4, -0.2) is 23.8 Å². The predicted octanol–water partition coefficient (Wildman–Crippen LogP) is 2.55. The minimum atomic E-state index is 0.260. The summed E-state index contributed by atoms with van der Waals surface area (Å²) in [6.45, 7) is 4.68. The average molecular weight is 211 g/mol. The zero-order chi connectivity index (χ0) is 10.6. The SMILES string of the molecule is CC(=O)CC(C)N(C)Cc1cccs1. The van der Waals surface area contributed by atoms with E-state index in [0.717, 1.165) is 6.54 Å². The van der Waals surface area contributed by atoms with Crippen molar-refractivity contribution in [3.05, 3.63) is 22.4 Å². The van der Waals surface area contributed by atoms with E-state index in [1.165, 1.54) is 4.88 Å². The van der Waals surface area contributed by atoms with Crippen molar-refractivity contribution < 1.29 is 4.79 Å². The molecule has 0 aliphatic rings. The highest BCUT2D eigenvalue weighted by atomic mass is 32.1. The molecule has 14 heavy (non-hydrogen) atoms. The molecular formula is C11H17NOS. The van der Waals surface area contributed by atoms with Crippen LogP contribution < -0.4 is 0 Å². The molecule has 1 rings (SSSR count). The Morgan fingerprint density at radius 1 is 1.64 bits per heavy atom. The van der Waals surface area contributed by atoms with E-state index in [1.54, 1.807) is 18.3 Å². The van der Waals surface area contributed by atoms with Gasteiger partial charge in [0.15, 0.2) is 0 Å². The molecule has 1 aromatic rings. The van der Waals surface area contributed by atoms with E-state index in [2.05, 4.69) is 36.4 Å². The maximum Gasteiger partial charge on any atom is 0.131 e. The number of rotatable bonds is 5. The topological polar surface area (TPSA) is 20.3 Å². The maximum atomic E-state index is 10.9. The fraction of sp³-hybridized carbons (Fsp3) is 0.545. The molecule has 0 saturated carbocycles. The summed E-state index contributed by atoms with van der Waals surface area (Å²) in [6, 6.07) is 4.51. The van der Waals surface area contributed by atoms with Crippen molar-refractivity contribution in [2.45, 2.75) is 32.9 Å². The van der Waals surface area contributed by atoms with Gasteiger partial charge in [-0.2, -0.15) is 0 Å². The van der Waals surface area contributed by atoms with Gasteiger partial charge < -0.3 is 0 Å². The number of carbonyl (C=O) groups is 1. The average Bonchev–Trinajstić information content (AvgIpc) is 2.55. The van der Waals surface area contributed by atoms with Gasteiger partial charge in [0.2, 0.25) is 0 Å². The molecule has 1 unspecified atom stereocenters. The smallest absolute Gasteiger partial charge is 0.131 e. The summed E-state index contributed by atoms with van der Waals surface area (Å²) in [5.74, 6) is 0.260. The van der Waals surface area contributed by atoms with Gasteiger partial charge in [-0.15, -0.1) is 11.3 Å². The predicted molar refractivity (Wildman–Crippen MR) is 60.5 cm³/mol.